The number of rotatable bonds is 6. The quantitative estimate of drug-likeness (QED) is 0.669. The first-order valence-electron chi connectivity index (χ1n) is 8.80. The van der Waals surface area contributed by atoms with E-state index in [9.17, 15) is 4.79 Å². The molecule has 1 heterocycles. The van der Waals surface area contributed by atoms with E-state index in [4.69, 9.17) is 0 Å². The molecule has 132 valence electrons. The molecule has 0 aliphatic heterocycles. The smallest absolute Gasteiger partial charge is 0.228 e. The van der Waals surface area contributed by atoms with E-state index in [1.54, 1.807) is 6.20 Å². The number of anilines is 3. The Labute approximate surface area is 154 Å². The zero-order valence-corrected chi connectivity index (χ0v) is 15.1. The fraction of sp³-hybridized carbons (Fsp3) is 0.182. The maximum absolute atomic E-state index is 12.2. The summed E-state index contributed by atoms with van der Waals surface area (Å²) in [6.07, 6.45) is 3.05. The van der Waals surface area contributed by atoms with Gasteiger partial charge in [-0.2, -0.15) is 0 Å². The van der Waals surface area contributed by atoms with Crippen molar-refractivity contribution in [3.63, 3.8) is 0 Å². The summed E-state index contributed by atoms with van der Waals surface area (Å²) in [5.41, 5.74) is 5.14. The molecule has 4 nitrogen and oxygen atoms in total. The van der Waals surface area contributed by atoms with E-state index < -0.39 is 0 Å². The first kappa shape index (κ1) is 17.7. The molecule has 0 aliphatic rings. The highest BCUT2D eigenvalue weighted by Gasteiger charge is 2.06. The monoisotopic (exact) mass is 345 g/mol. The van der Waals surface area contributed by atoms with Gasteiger partial charge in [-0.15, -0.1) is 0 Å². The van der Waals surface area contributed by atoms with Crippen LogP contribution in [0.5, 0.6) is 0 Å². The average Bonchev–Trinajstić information content (AvgIpc) is 2.66. The molecule has 0 saturated carbocycles. The number of nitrogens with zero attached hydrogens (tertiary/aromatic N) is 1. The first-order chi connectivity index (χ1) is 12.6. The van der Waals surface area contributed by atoms with E-state index in [0.717, 1.165) is 29.1 Å². The van der Waals surface area contributed by atoms with Gasteiger partial charge in [0.1, 0.15) is 5.82 Å². The maximum Gasteiger partial charge on any atom is 0.228 e. The lowest BCUT2D eigenvalue weighted by molar-refractivity contribution is -0.115. The van der Waals surface area contributed by atoms with Crippen LogP contribution in [0.2, 0.25) is 0 Å². The van der Waals surface area contributed by atoms with Crippen LogP contribution >= 0.6 is 0 Å². The summed E-state index contributed by atoms with van der Waals surface area (Å²) >= 11 is 0. The van der Waals surface area contributed by atoms with E-state index in [-0.39, 0.29) is 5.91 Å². The summed E-state index contributed by atoms with van der Waals surface area (Å²) < 4.78 is 0. The minimum absolute atomic E-state index is 0.0445. The van der Waals surface area contributed by atoms with Crippen molar-refractivity contribution in [2.24, 2.45) is 0 Å². The van der Waals surface area contributed by atoms with E-state index >= 15 is 0 Å². The maximum atomic E-state index is 12.2. The Hall–Kier alpha value is -3.14. The number of nitrogens with one attached hydrogen (secondary N) is 2. The third-order valence-electron chi connectivity index (χ3n) is 4.29. The van der Waals surface area contributed by atoms with Crippen molar-refractivity contribution in [2.45, 2.75) is 26.7 Å². The lowest BCUT2D eigenvalue weighted by Gasteiger charge is -2.09. The molecule has 0 unspecified atom stereocenters. The van der Waals surface area contributed by atoms with Crippen molar-refractivity contribution in [1.29, 1.82) is 0 Å². The van der Waals surface area contributed by atoms with Crippen LogP contribution in [-0.2, 0) is 17.6 Å². The number of benzene rings is 2. The summed E-state index contributed by atoms with van der Waals surface area (Å²) in [4.78, 5) is 16.6. The number of carbonyl (C=O) groups excluding carboxylic acids is 1. The van der Waals surface area contributed by atoms with Gasteiger partial charge in [0.15, 0.2) is 0 Å². The normalized spacial score (nSPS) is 10.4. The van der Waals surface area contributed by atoms with Gasteiger partial charge in [-0.25, -0.2) is 4.98 Å². The van der Waals surface area contributed by atoms with Crippen molar-refractivity contribution in [3.05, 3.63) is 83.6 Å². The third kappa shape index (κ3) is 4.70. The van der Waals surface area contributed by atoms with Crippen molar-refractivity contribution < 1.29 is 4.79 Å². The second-order valence-electron chi connectivity index (χ2n) is 6.26. The molecule has 1 aromatic heterocycles. The molecule has 0 bridgehead atoms. The highest BCUT2D eigenvalue weighted by molar-refractivity contribution is 5.92. The third-order valence-corrected chi connectivity index (χ3v) is 4.29. The van der Waals surface area contributed by atoms with Crippen LogP contribution in [0, 0.1) is 6.92 Å². The van der Waals surface area contributed by atoms with E-state index in [2.05, 4.69) is 34.7 Å². The predicted molar refractivity (Wildman–Crippen MR) is 107 cm³/mol. The molecule has 0 saturated heterocycles. The Morgan fingerprint density at radius 3 is 2.35 bits per heavy atom. The summed E-state index contributed by atoms with van der Waals surface area (Å²) in [6, 6.07) is 19.9. The van der Waals surface area contributed by atoms with Gasteiger partial charge in [0.2, 0.25) is 5.91 Å². The topological polar surface area (TPSA) is 54.0 Å². The lowest BCUT2D eigenvalue weighted by Crippen LogP contribution is -2.15. The predicted octanol–water partition coefficient (Wildman–Crippen LogP) is 4.88. The molecule has 0 aliphatic carbocycles. The van der Waals surface area contributed by atoms with Crippen molar-refractivity contribution >= 4 is 23.1 Å². The number of hydrogen-bond acceptors (Lipinski definition) is 3. The molecule has 4 heteroatoms. The number of pyridine rings is 1. The number of aromatic nitrogens is 1. The minimum Gasteiger partial charge on any atom is -0.340 e. The summed E-state index contributed by atoms with van der Waals surface area (Å²) in [6.45, 7) is 4.15. The second-order valence-corrected chi connectivity index (χ2v) is 6.26. The fourth-order valence-corrected chi connectivity index (χ4v) is 2.70. The number of carbonyl (C=O) groups is 1. The largest absolute Gasteiger partial charge is 0.340 e. The zero-order chi connectivity index (χ0) is 18.4. The molecule has 1 amide bonds. The highest BCUT2D eigenvalue weighted by atomic mass is 16.1. The Bertz CT molecular complexity index is 871. The summed E-state index contributed by atoms with van der Waals surface area (Å²) in [5.74, 6) is 0.697. The van der Waals surface area contributed by atoms with E-state index in [1.165, 1.54) is 5.56 Å². The summed E-state index contributed by atoms with van der Waals surface area (Å²) in [7, 11) is 0. The average molecular weight is 345 g/mol. The minimum atomic E-state index is -0.0445. The van der Waals surface area contributed by atoms with Crippen LogP contribution in [0.25, 0.3) is 0 Å². The molecule has 2 N–H and O–H groups in total. The molecular weight excluding hydrogens is 322 g/mol. The van der Waals surface area contributed by atoms with Crippen LogP contribution in [0.4, 0.5) is 17.2 Å². The molecule has 3 aromatic rings. The van der Waals surface area contributed by atoms with Crippen LogP contribution in [0.3, 0.4) is 0 Å². The molecular formula is C22H23N3O. The standard InChI is InChI=1S/C22H23N3O/c1-3-17-8-10-19(11-9-17)24-21-13-12-20(15-23-21)25-22(26)14-18-7-5-4-6-16(18)2/h4-13,15H,3,14H2,1-2H3,(H,23,24)(H,25,26). The first-order valence-corrected chi connectivity index (χ1v) is 8.80. The lowest BCUT2D eigenvalue weighted by atomic mass is 10.1. The highest BCUT2D eigenvalue weighted by Crippen LogP contribution is 2.17. The fourth-order valence-electron chi connectivity index (χ4n) is 2.70. The van der Waals surface area contributed by atoms with Gasteiger partial charge < -0.3 is 10.6 Å². The molecule has 0 spiro atoms. The van der Waals surface area contributed by atoms with Crippen LogP contribution < -0.4 is 10.6 Å². The van der Waals surface area contributed by atoms with E-state index in [0.29, 0.717) is 12.1 Å². The van der Waals surface area contributed by atoms with Gasteiger partial charge in [0, 0.05) is 5.69 Å². The van der Waals surface area contributed by atoms with Crippen LogP contribution in [-0.4, -0.2) is 10.9 Å². The van der Waals surface area contributed by atoms with Gasteiger partial charge in [-0.3, -0.25) is 4.79 Å². The second kappa shape index (κ2) is 8.30. The molecule has 26 heavy (non-hydrogen) atoms. The Morgan fingerprint density at radius 1 is 0.962 bits per heavy atom. The Kier molecular flexibility index (Phi) is 5.64. The molecule has 2 aromatic carbocycles. The van der Waals surface area contributed by atoms with Gasteiger partial charge in [-0.1, -0.05) is 43.3 Å². The van der Waals surface area contributed by atoms with Crippen LogP contribution in [0.1, 0.15) is 23.6 Å². The zero-order valence-electron chi connectivity index (χ0n) is 15.1. The van der Waals surface area contributed by atoms with Crippen molar-refractivity contribution in [3.8, 4) is 0 Å². The molecule has 0 radical (unpaired) electrons. The van der Waals surface area contributed by atoms with Gasteiger partial charge in [0.25, 0.3) is 0 Å². The number of hydrogen-bond donors (Lipinski definition) is 2. The van der Waals surface area contributed by atoms with Crippen molar-refractivity contribution in [1.82, 2.24) is 4.98 Å². The van der Waals surface area contributed by atoms with Gasteiger partial charge >= 0.3 is 0 Å². The van der Waals surface area contributed by atoms with Crippen LogP contribution in [0.15, 0.2) is 66.9 Å². The molecule has 0 atom stereocenters. The molecule has 3 rings (SSSR count). The van der Waals surface area contributed by atoms with Crippen molar-refractivity contribution in [2.75, 3.05) is 10.6 Å². The summed E-state index contributed by atoms with van der Waals surface area (Å²) in [5, 5.41) is 6.15. The van der Waals surface area contributed by atoms with E-state index in [1.807, 2.05) is 55.5 Å². The van der Waals surface area contributed by atoms with Gasteiger partial charge in [-0.05, 0) is 54.3 Å². The molecule has 0 fully saturated rings. The number of aryl methyl sites for hydroxylation is 2. The number of amides is 1. The Morgan fingerprint density at radius 2 is 1.69 bits per heavy atom. The SMILES string of the molecule is CCc1ccc(Nc2ccc(NC(=O)Cc3ccccc3C)cn2)cc1. The van der Waals surface area contributed by atoms with Gasteiger partial charge in [0.05, 0.1) is 18.3 Å². The Balaban J connectivity index is 1.58.